The third-order valence-corrected chi connectivity index (χ3v) is 5.32. The van der Waals surface area contributed by atoms with E-state index in [2.05, 4.69) is 55.5 Å². The number of benzene rings is 1. The molecule has 0 aliphatic carbocycles. The van der Waals surface area contributed by atoms with E-state index in [0.29, 0.717) is 0 Å². The van der Waals surface area contributed by atoms with Gasteiger partial charge in [0.25, 0.3) is 0 Å². The Hall–Kier alpha value is -0.650. The highest BCUT2D eigenvalue weighted by atomic mass is 79.9. The lowest BCUT2D eigenvalue weighted by molar-refractivity contribution is 0.157. The molecule has 1 aliphatic heterocycles. The molecule has 1 aliphatic rings. The van der Waals surface area contributed by atoms with E-state index in [4.69, 9.17) is 12.2 Å². The summed E-state index contributed by atoms with van der Waals surface area (Å²) in [5, 5.41) is 0. The number of aromatic amines is 1. The second-order valence-electron chi connectivity index (χ2n) is 5.98. The zero-order valence-electron chi connectivity index (χ0n) is 12.4. The molecule has 5 heteroatoms. The van der Waals surface area contributed by atoms with Crippen molar-refractivity contribution in [1.29, 1.82) is 0 Å². The van der Waals surface area contributed by atoms with E-state index in [1.807, 2.05) is 0 Å². The first kappa shape index (κ1) is 15.3. The Morgan fingerprint density at radius 3 is 3.00 bits per heavy atom. The summed E-state index contributed by atoms with van der Waals surface area (Å²) in [5.74, 6) is 0. The minimum Gasteiger partial charge on any atom is -0.331 e. The topological polar surface area (TPSA) is 24.0 Å². The number of piperidine rings is 1. The number of likely N-dealkylation sites (tertiary alicyclic amines) is 1. The minimum atomic E-state index is 0.741. The van der Waals surface area contributed by atoms with Crippen molar-refractivity contribution in [2.75, 3.05) is 13.1 Å². The quantitative estimate of drug-likeness (QED) is 0.789. The Morgan fingerprint density at radius 2 is 2.19 bits per heavy atom. The van der Waals surface area contributed by atoms with Crippen LogP contribution in [-0.4, -0.2) is 33.6 Å². The second kappa shape index (κ2) is 6.63. The van der Waals surface area contributed by atoms with Crippen LogP contribution in [0.25, 0.3) is 11.0 Å². The summed E-state index contributed by atoms with van der Waals surface area (Å²) in [7, 11) is 0. The Balaban J connectivity index is 1.68. The molecule has 1 unspecified atom stereocenters. The Bertz CT molecular complexity index is 676. The lowest BCUT2D eigenvalue weighted by atomic mass is 10.0. The maximum absolute atomic E-state index is 5.47. The van der Waals surface area contributed by atoms with Crippen molar-refractivity contribution in [2.45, 2.75) is 45.2 Å². The molecule has 1 aromatic heterocycles. The predicted molar refractivity (Wildman–Crippen MR) is 94.3 cm³/mol. The van der Waals surface area contributed by atoms with E-state index in [-0.39, 0.29) is 0 Å². The van der Waals surface area contributed by atoms with E-state index < -0.39 is 0 Å². The molecular weight excluding hydrogens is 346 g/mol. The van der Waals surface area contributed by atoms with Crippen molar-refractivity contribution < 1.29 is 0 Å². The van der Waals surface area contributed by atoms with Crippen LogP contribution in [0, 0.1) is 4.77 Å². The van der Waals surface area contributed by atoms with Crippen molar-refractivity contribution in [1.82, 2.24) is 14.5 Å². The first-order valence-electron chi connectivity index (χ1n) is 7.77. The Morgan fingerprint density at radius 1 is 1.33 bits per heavy atom. The number of rotatable bonds is 4. The van der Waals surface area contributed by atoms with Crippen LogP contribution in [0.5, 0.6) is 0 Å². The SMILES string of the molecule is CC1CCCCN1CCCn1c(=S)[nH]c2cc(Br)ccc21. The second-order valence-corrected chi connectivity index (χ2v) is 7.28. The van der Waals surface area contributed by atoms with Gasteiger partial charge in [-0.05, 0) is 63.1 Å². The van der Waals surface area contributed by atoms with Crippen LogP contribution in [-0.2, 0) is 6.54 Å². The molecule has 0 spiro atoms. The standard InChI is InChI=1S/C16H22BrN3S/c1-12-5-2-3-8-19(12)9-4-10-20-15-7-6-13(17)11-14(15)18-16(20)21/h6-7,11-12H,2-5,8-10H2,1H3,(H,18,21). The molecule has 1 fully saturated rings. The van der Waals surface area contributed by atoms with Gasteiger partial charge in [0.05, 0.1) is 11.0 Å². The van der Waals surface area contributed by atoms with E-state index in [1.165, 1.54) is 37.9 Å². The molecule has 2 aromatic rings. The number of aryl methyl sites for hydroxylation is 1. The van der Waals surface area contributed by atoms with Crippen LogP contribution < -0.4 is 0 Å². The first-order valence-corrected chi connectivity index (χ1v) is 8.97. The lowest BCUT2D eigenvalue weighted by Gasteiger charge is -2.33. The minimum absolute atomic E-state index is 0.741. The molecule has 0 amide bonds. The normalized spacial score (nSPS) is 20.2. The molecule has 21 heavy (non-hydrogen) atoms. The van der Waals surface area contributed by atoms with Gasteiger partial charge in [0.15, 0.2) is 4.77 Å². The number of hydrogen-bond donors (Lipinski definition) is 1. The molecule has 1 atom stereocenters. The van der Waals surface area contributed by atoms with Crippen LogP contribution in [0.3, 0.4) is 0 Å². The summed E-state index contributed by atoms with van der Waals surface area (Å²) in [6.45, 7) is 5.78. The highest BCUT2D eigenvalue weighted by molar-refractivity contribution is 9.10. The average molecular weight is 368 g/mol. The fourth-order valence-electron chi connectivity index (χ4n) is 3.28. The molecular formula is C16H22BrN3S. The van der Waals surface area contributed by atoms with Crippen molar-refractivity contribution in [2.24, 2.45) is 0 Å². The number of fused-ring (bicyclic) bond motifs is 1. The summed E-state index contributed by atoms with van der Waals surface area (Å²) in [4.78, 5) is 5.92. The number of imidazole rings is 1. The van der Waals surface area contributed by atoms with Crippen molar-refractivity contribution in [3.63, 3.8) is 0 Å². The van der Waals surface area contributed by atoms with Crippen molar-refractivity contribution in [3.8, 4) is 0 Å². The van der Waals surface area contributed by atoms with E-state index in [9.17, 15) is 0 Å². The molecule has 3 nitrogen and oxygen atoms in total. The van der Waals surface area contributed by atoms with Gasteiger partial charge in [0.1, 0.15) is 0 Å². The number of H-pyrrole nitrogens is 1. The summed E-state index contributed by atoms with van der Waals surface area (Å²) >= 11 is 8.98. The molecule has 114 valence electrons. The number of aromatic nitrogens is 2. The summed E-state index contributed by atoms with van der Waals surface area (Å²) < 4.78 is 4.14. The molecule has 3 rings (SSSR count). The third kappa shape index (κ3) is 3.41. The average Bonchev–Trinajstić information content (AvgIpc) is 2.76. The van der Waals surface area contributed by atoms with E-state index >= 15 is 0 Å². The molecule has 1 saturated heterocycles. The molecule has 1 N–H and O–H groups in total. The van der Waals surface area contributed by atoms with Crippen molar-refractivity contribution in [3.05, 3.63) is 27.4 Å². The first-order chi connectivity index (χ1) is 10.1. The number of nitrogens with zero attached hydrogens (tertiary/aromatic N) is 2. The summed E-state index contributed by atoms with van der Waals surface area (Å²) in [6, 6.07) is 7.04. The van der Waals surface area contributed by atoms with E-state index in [1.54, 1.807) is 0 Å². The fourth-order valence-corrected chi connectivity index (χ4v) is 3.94. The monoisotopic (exact) mass is 367 g/mol. The Kier molecular flexibility index (Phi) is 4.82. The summed E-state index contributed by atoms with van der Waals surface area (Å²) in [5.41, 5.74) is 2.32. The smallest absolute Gasteiger partial charge is 0.178 e. The highest BCUT2D eigenvalue weighted by Crippen LogP contribution is 2.20. The van der Waals surface area contributed by atoms with Gasteiger partial charge in [-0.25, -0.2) is 0 Å². The maximum atomic E-state index is 5.47. The van der Waals surface area contributed by atoms with Gasteiger partial charge in [-0.1, -0.05) is 22.4 Å². The van der Waals surface area contributed by atoms with Gasteiger partial charge in [0, 0.05) is 23.6 Å². The maximum Gasteiger partial charge on any atom is 0.178 e. The molecule has 2 heterocycles. The zero-order valence-corrected chi connectivity index (χ0v) is 14.8. The van der Waals surface area contributed by atoms with Crippen LogP contribution in [0.15, 0.2) is 22.7 Å². The fraction of sp³-hybridized carbons (Fsp3) is 0.562. The predicted octanol–water partition coefficient (Wildman–Crippen LogP) is 4.73. The van der Waals surface area contributed by atoms with Gasteiger partial charge in [-0.2, -0.15) is 0 Å². The van der Waals surface area contributed by atoms with Crippen LogP contribution in [0.4, 0.5) is 0 Å². The van der Waals surface area contributed by atoms with E-state index in [0.717, 1.165) is 33.8 Å². The van der Waals surface area contributed by atoms with Crippen molar-refractivity contribution >= 4 is 39.2 Å². The number of nitrogens with one attached hydrogen (secondary N) is 1. The van der Waals surface area contributed by atoms with Gasteiger partial charge in [-0.15, -0.1) is 0 Å². The number of halogens is 1. The van der Waals surface area contributed by atoms with Gasteiger partial charge < -0.3 is 14.5 Å². The van der Waals surface area contributed by atoms with Crippen LogP contribution in [0.2, 0.25) is 0 Å². The largest absolute Gasteiger partial charge is 0.331 e. The molecule has 0 bridgehead atoms. The molecule has 0 radical (unpaired) electrons. The van der Waals surface area contributed by atoms with Gasteiger partial charge >= 0.3 is 0 Å². The van der Waals surface area contributed by atoms with Gasteiger partial charge in [-0.3, -0.25) is 0 Å². The zero-order chi connectivity index (χ0) is 14.8. The molecule has 1 aromatic carbocycles. The summed E-state index contributed by atoms with van der Waals surface area (Å²) in [6.07, 6.45) is 5.24. The number of hydrogen-bond acceptors (Lipinski definition) is 2. The van der Waals surface area contributed by atoms with Gasteiger partial charge in [0.2, 0.25) is 0 Å². The van der Waals surface area contributed by atoms with Crippen LogP contribution >= 0.6 is 28.1 Å². The lowest BCUT2D eigenvalue weighted by Crippen LogP contribution is -2.38. The highest BCUT2D eigenvalue weighted by Gasteiger charge is 2.17. The van der Waals surface area contributed by atoms with Crippen LogP contribution in [0.1, 0.15) is 32.6 Å². The third-order valence-electron chi connectivity index (χ3n) is 4.50. The Labute approximate surface area is 139 Å². The molecule has 0 saturated carbocycles.